The summed E-state index contributed by atoms with van der Waals surface area (Å²) >= 11 is 5.11. The van der Waals surface area contributed by atoms with E-state index in [1.54, 1.807) is 29.1 Å². The van der Waals surface area contributed by atoms with E-state index < -0.39 is 10.0 Å². The highest BCUT2D eigenvalue weighted by molar-refractivity contribution is 9.11. The van der Waals surface area contributed by atoms with Gasteiger partial charge in [0.25, 0.3) is 10.0 Å². The number of halogens is 1. The van der Waals surface area contributed by atoms with Crippen LogP contribution in [0.25, 0.3) is 0 Å². The van der Waals surface area contributed by atoms with E-state index in [4.69, 9.17) is 0 Å². The number of imidazole rings is 1. The highest BCUT2D eigenvalue weighted by atomic mass is 79.9. The summed E-state index contributed by atoms with van der Waals surface area (Å²) in [5.41, 5.74) is 2.09. The van der Waals surface area contributed by atoms with Gasteiger partial charge in [-0.3, -0.25) is 0 Å². The fraction of sp³-hybridized carbons (Fsp3) is 0.368. The summed E-state index contributed by atoms with van der Waals surface area (Å²) in [5, 5.41) is 4.61. The minimum atomic E-state index is -3.64. The third-order valence-corrected chi connectivity index (χ3v) is 8.82. The first kappa shape index (κ1) is 20.7. The van der Waals surface area contributed by atoms with E-state index in [1.165, 1.54) is 10.6 Å². The van der Waals surface area contributed by atoms with Crippen molar-refractivity contribution < 1.29 is 8.42 Å². The van der Waals surface area contributed by atoms with E-state index in [9.17, 15) is 8.42 Å². The molecule has 1 aliphatic rings. The van der Waals surface area contributed by atoms with Crippen LogP contribution in [0.4, 0.5) is 0 Å². The number of benzene rings is 1. The molecule has 7 nitrogen and oxygen atoms in total. The molecular weight excluding hydrogens is 474 g/mol. The molecule has 1 N–H and O–H groups in total. The Balaban J connectivity index is 1.57. The number of aryl methyl sites for hydroxylation is 2. The van der Waals surface area contributed by atoms with Crippen LogP contribution >= 0.6 is 27.3 Å². The Hall–Kier alpha value is -1.59. The van der Waals surface area contributed by atoms with Crippen LogP contribution in [0.15, 0.2) is 51.7 Å². The molecule has 0 bridgehead atoms. The molecule has 29 heavy (non-hydrogen) atoms. The summed E-state index contributed by atoms with van der Waals surface area (Å²) < 4.78 is 30.4. The highest BCUT2D eigenvalue weighted by Gasteiger charge is 2.40. The van der Waals surface area contributed by atoms with E-state index in [0.717, 1.165) is 20.1 Å². The van der Waals surface area contributed by atoms with E-state index in [2.05, 4.69) is 43.3 Å². The van der Waals surface area contributed by atoms with Crippen LogP contribution in [0.5, 0.6) is 0 Å². The van der Waals surface area contributed by atoms with Gasteiger partial charge in [0.2, 0.25) is 0 Å². The molecular formula is C19H22BrN5O2S2. The third-order valence-electron chi connectivity index (χ3n) is 5.10. The lowest BCUT2D eigenvalue weighted by Gasteiger charge is -2.19. The van der Waals surface area contributed by atoms with Crippen molar-refractivity contribution in [1.82, 2.24) is 24.2 Å². The molecule has 3 aromatic rings. The van der Waals surface area contributed by atoms with E-state index in [-0.39, 0.29) is 17.0 Å². The van der Waals surface area contributed by atoms with Crippen molar-refractivity contribution in [2.45, 2.75) is 30.5 Å². The van der Waals surface area contributed by atoms with Crippen LogP contribution in [0.3, 0.4) is 0 Å². The number of thiazole rings is 1. The number of sulfonamides is 1. The predicted octanol–water partition coefficient (Wildman–Crippen LogP) is 2.89. The van der Waals surface area contributed by atoms with Gasteiger partial charge >= 0.3 is 0 Å². The Kier molecular flexibility index (Phi) is 5.90. The topological polar surface area (TPSA) is 80.1 Å². The average molecular weight is 496 g/mol. The molecule has 0 radical (unpaired) electrons. The number of nitrogens with zero attached hydrogens (tertiary/aromatic N) is 4. The summed E-state index contributed by atoms with van der Waals surface area (Å²) in [6.45, 7) is 3.38. The van der Waals surface area contributed by atoms with Gasteiger partial charge in [0.15, 0.2) is 5.03 Å². The zero-order valence-electron chi connectivity index (χ0n) is 16.1. The van der Waals surface area contributed by atoms with Gasteiger partial charge in [-0.25, -0.2) is 18.4 Å². The van der Waals surface area contributed by atoms with Crippen LogP contribution in [-0.2, 0) is 23.6 Å². The van der Waals surface area contributed by atoms with Crippen molar-refractivity contribution in [3.63, 3.8) is 0 Å². The van der Waals surface area contributed by atoms with Gasteiger partial charge in [-0.1, -0.05) is 30.3 Å². The number of hydrogen-bond acceptors (Lipinski definition) is 6. The zero-order valence-corrected chi connectivity index (χ0v) is 19.3. The van der Waals surface area contributed by atoms with E-state index in [0.29, 0.717) is 19.6 Å². The molecule has 1 aromatic carbocycles. The minimum Gasteiger partial charge on any atom is -0.339 e. The van der Waals surface area contributed by atoms with Crippen LogP contribution in [0.2, 0.25) is 0 Å². The van der Waals surface area contributed by atoms with Gasteiger partial charge in [0.05, 0.1) is 15.8 Å². The lowest BCUT2D eigenvalue weighted by molar-refractivity contribution is 0.454. The molecule has 4 rings (SSSR count). The average Bonchev–Trinajstić information content (AvgIpc) is 3.40. The van der Waals surface area contributed by atoms with Crippen molar-refractivity contribution in [2.75, 3.05) is 13.1 Å². The lowest BCUT2D eigenvalue weighted by Crippen LogP contribution is -2.36. The first-order valence-electron chi connectivity index (χ1n) is 9.23. The van der Waals surface area contributed by atoms with Crippen LogP contribution in [0, 0.1) is 6.92 Å². The molecule has 1 saturated heterocycles. The molecule has 2 aromatic heterocycles. The van der Waals surface area contributed by atoms with Crippen molar-refractivity contribution in [1.29, 1.82) is 0 Å². The molecule has 0 spiro atoms. The number of nitrogens with one attached hydrogen (secondary N) is 1. The monoisotopic (exact) mass is 495 g/mol. The second-order valence-electron chi connectivity index (χ2n) is 7.17. The quantitative estimate of drug-likeness (QED) is 0.568. The fourth-order valence-corrected chi connectivity index (χ4v) is 6.43. The van der Waals surface area contributed by atoms with Crippen molar-refractivity contribution in [3.8, 4) is 0 Å². The molecule has 2 unspecified atom stereocenters. The van der Waals surface area contributed by atoms with E-state index >= 15 is 0 Å². The fourth-order valence-electron chi connectivity index (χ4n) is 3.59. The zero-order chi connectivity index (χ0) is 20.6. The Morgan fingerprint density at radius 2 is 2.03 bits per heavy atom. The summed E-state index contributed by atoms with van der Waals surface area (Å²) in [4.78, 5) is 8.61. The Bertz CT molecular complexity index is 1080. The van der Waals surface area contributed by atoms with Crippen molar-refractivity contribution in [3.05, 3.63) is 62.9 Å². The van der Waals surface area contributed by atoms with E-state index in [1.807, 2.05) is 25.1 Å². The Morgan fingerprint density at radius 3 is 2.66 bits per heavy atom. The maximum Gasteiger partial charge on any atom is 0.262 e. The Morgan fingerprint density at radius 1 is 1.28 bits per heavy atom. The summed E-state index contributed by atoms with van der Waals surface area (Å²) in [5.74, 6) is 0.0548. The molecule has 0 amide bonds. The van der Waals surface area contributed by atoms with Gasteiger partial charge < -0.3 is 9.88 Å². The maximum atomic E-state index is 13.1. The van der Waals surface area contributed by atoms with Gasteiger partial charge in [-0.15, -0.1) is 11.3 Å². The first-order valence-corrected chi connectivity index (χ1v) is 12.3. The van der Waals surface area contributed by atoms with Crippen LogP contribution in [0.1, 0.15) is 22.2 Å². The number of hydrogen-bond donors (Lipinski definition) is 1. The summed E-state index contributed by atoms with van der Waals surface area (Å²) in [7, 11) is -1.87. The molecule has 0 saturated carbocycles. The second-order valence-corrected chi connectivity index (χ2v) is 11.5. The summed E-state index contributed by atoms with van der Waals surface area (Å²) in [6, 6.07) is 10.0. The summed E-state index contributed by atoms with van der Waals surface area (Å²) in [6.07, 6.45) is 3.06. The normalized spacial score (nSPS) is 20.4. The SMILES string of the molecule is Cc1nc(CNC2CN(S(=O)(=O)c3cn(C)cn3)CC2c2ccccc2)sc1Br. The van der Waals surface area contributed by atoms with Crippen molar-refractivity contribution >= 4 is 37.3 Å². The second kappa shape index (κ2) is 8.27. The molecule has 0 aliphatic carbocycles. The standard InChI is InChI=1S/C19H22BrN5O2S2/c1-13-19(20)28-17(23-13)8-21-16-10-25(9-15(16)14-6-4-3-5-7-14)29(26,27)18-11-24(2)12-22-18/h3-7,11-12,15-16,21H,8-10H2,1-2H3. The smallest absolute Gasteiger partial charge is 0.262 e. The number of aromatic nitrogens is 3. The number of rotatable bonds is 6. The van der Waals surface area contributed by atoms with Gasteiger partial charge in [0.1, 0.15) is 5.01 Å². The maximum absolute atomic E-state index is 13.1. The molecule has 1 aliphatic heterocycles. The molecule has 10 heteroatoms. The predicted molar refractivity (Wildman–Crippen MR) is 116 cm³/mol. The van der Waals surface area contributed by atoms with Gasteiger partial charge in [-0.2, -0.15) is 4.31 Å². The van der Waals surface area contributed by atoms with Gasteiger partial charge in [0, 0.05) is 44.8 Å². The largest absolute Gasteiger partial charge is 0.339 e. The highest BCUT2D eigenvalue weighted by Crippen LogP contribution is 2.32. The van der Waals surface area contributed by atoms with Gasteiger partial charge in [-0.05, 0) is 28.4 Å². The molecule has 3 heterocycles. The molecule has 2 atom stereocenters. The van der Waals surface area contributed by atoms with Crippen molar-refractivity contribution in [2.24, 2.45) is 7.05 Å². The van der Waals surface area contributed by atoms with Crippen LogP contribution < -0.4 is 5.32 Å². The minimum absolute atomic E-state index is 0.0149. The molecule has 154 valence electrons. The lowest BCUT2D eigenvalue weighted by atomic mass is 9.94. The first-order chi connectivity index (χ1) is 13.8. The third kappa shape index (κ3) is 4.31. The Labute approximate surface area is 183 Å². The van der Waals surface area contributed by atoms with Crippen LogP contribution in [-0.4, -0.2) is 46.4 Å². The molecule has 1 fully saturated rings.